The Hall–Kier alpha value is -1.81. The Morgan fingerprint density at radius 1 is 1.53 bits per heavy atom. The van der Waals surface area contributed by atoms with Crippen molar-refractivity contribution in [2.24, 2.45) is 0 Å². The zero-order valence-electron chi connectivity index (χ0n) is 8.61. The number of rotatable bonds is 3. The zero-order valence-corrected chi connectivity index (χ0v) is 9.50. The van der Waals surface area contributed by atoms with Crippen LogP contribution in [0.3, 0.4) is 0 Å². The van der Waals surface area contributed by atoms with Gasteiger partial charge in [0.15, 0.2) is 0 Å². The van der Waals surface area contributed by atoms with E-state index in [-0.39, 0.29) is 21.8 Å². The molecule has 7 heteroatoms. The fourth-order valence-electron chi connectivity index (χ4n) is 1.12. The number of nitriles is 1. The van der Waals surface area contributed by atoms with Crippen LogP contribution in [-0.4, -0.2) is 19.7 Å². The van der Waals surface area contributed by atoms with Gasteiger partial charge >= 0.3 is 12.6 Å². The van der Waals surface area contributed by atoms with E-state index in [0.717, 1.165) is 19.2 Å². The number of hydrogen-bond acceptors (Lipinski definition) is 5. The molecule has 0 radical (unpaired) electrons. The van der Waals surface area contributed by atoms with Crippen molar-refractivity contribution in [3.8, 4) is 11.8 Å². The van der Waals surface area contributed by atoms with E-state index in [0.29, 0.717) is 0 Å². The molecule has 0 spiro atoms. The van der Waals surface area contributed by atoms with Gasteiger partial charge in [0.1, 0.15) is 11.8 Å². The lowest BCUT2D eigenvalue weighted by atomic mass is 10.1. The molecule has 0 aliphatic heterocycles. The largest absolute Gasteiger partial charge is 0.465 e. The molecule has 1 rings (SSSR count). The molecule has 0 aliphatic carbocycles. The normalized spacial score (nSPS) is 9.88. The van der Waals surface area contributed by atoms with Crippen LogP contribution in [0.15, 0.2) is 17.0 Å². The molecule has 0 fully saturated rings. The van der Waals surface area contributed by atoms with Gasteiger partial charge in [-0.15, -0.1) is 12.6 Å². The third-order valence-corrected chi connectivity index (χ3v) is 2.21. The van der Waals surface area contributed by atoms with E-state index in [2.05, 4.69) is 22.1 Å². The Kier molecular flexibility index (Phi) is 4.29. The topological polar surface area (TPSA) is 59.3 Å². The highest BCUT2D eigenvalue weighted by molar-refractivity contribution is 7.80. The summed E-state index contributed by atoms with van der Waals surface area (Å²) in [5, 5.41) is 8.75. The summed E-state index contributed by atoms with van der Waals surface area (Å²) >= 11 is 3.93. The summed E-state index contributed by atoms with van der Waals surface area (Å²) in [4.78, 5) is 11.4. The summed E-state index contributed by atoms with van der Waals surface area (Å²) in [6, 6.07) is 3.81. The Balaban J connectivity index is 3.25. The third-order valence-electron chi connectivity index (χ3n) is 1.84. The van der Waals surface area contributed by atoms with E-state index >= 15 is 0 Å². The molecule has 0 saturated carbocycles. The summed E-state index contributed by atoms with van der Waals surface area (Å²) < 4.78 is 32.7. The minimum absolute atomic E-state index is 0.00833. The second-order valence-electron chi connectivity index (χ2n) is 2.85. The number of ether oxygens (including phenoxy) is 2. The van der Waals surface area contributed by atoms with Crippen molar-refractivity contribution in [1.82, 2.24) is 0 Å². The van der Waals surface area contributed by atoms with Crippen LogP contribution in [0.25, 0.3) is 0 Å². The van der Waals surface area contributed by atoms with E-state index in [1.54, 1.807) is 6.07 Å². The highest BCUT2D eigenvalue weighted by Gasteiger charge is 2.17. The van der Waals surface area contributed by atoms with E-state index in [9.17, 15) is 13.6 Å². The average molecular weight is 259 g/mol. The van der Waals surface area contributed by atoms with Crippen LogP contribution in [0.2, 0.25) is 0 Å². The maximum atomic E-state index is 12.0. The van der Waals surface area contributed by atoms with Crippen molar-refractivity contribution in [2.45, 2.75) is 11.5 Å². The molecule has 0 saturated heterocycles. The van der Waals surface area contributed by atoms with Crippen LogP contribution < -0.4 is 4.74 Å². The van der Waals surface area contributed by atoms with Gasteiger partial charge in [0, 0.05) is 4.90 Å². The van der Waals surface area contributed by atoms with E-state index in [4.69, 9.17) is 5.26 Å². The molecule has 0 aromatic heterocycles. The van der Waals surface area contributed by atoms with Crippen LogP contribution >= 0.6 is 12.6 Å². The lowest BCUT2D eigenvalue weighted by Crippen LogP contribution is -2.07. The monoisotopic (exact) mass is 259 g/mol. The number of halogens is 2. The second kappa shape index (κ2) is 5.50. The van der Waals surface area contributed by atoms with Crippen molar-refractivity contribution >= 4 is 18.6 Å². The summed E-state index contributed by atoms with van der Waals surface area (Å²) in [5.74, 6) is -1.05. The van der Waals surface area contributed by atoms with Crippen molar-refractivity contribution < 1.29 is 23.0 Å². The molecule has 0 aliphatic rings. The fourth-order valence-corrected chi connectivity index (χ4v) is 1.40. The summed E-state index contributed by atoms with van der Waals surface area (Å²) in [6.45, 7) is -3.06. The maximum absolute atomic E-state index is 12.0. The Bertz CT molecular complexity index is 485. The SMILES string of the molecule is COC(=O)c1cc(C#N)c(OC(F)F)cc1S. The predicted octanol–water partition coefficient (Wildman–Crippen LogP) is 2.23. The van der Waals surface area contributed by atoms with E-state index in [1.807, 2.05) is 0 Å². The molecule has 0 bridgehead atoms. The highest BCUT2D eigenvalue weighted by atomic mass is 32.1. The van der Waals surface area contributed by atoms with Crippen molar-refractivity contribution in [3.63, 3.8) is 0 Å². The standard InChI is InChI=1S/C10H7F2NO3S/c1-15-9(14)6-2-5(4-13)7(3-8(6)17)16-10(11)12/h2-3,10,17H,1H3. The average Bonchev–Trinajstić information content (AvgIpc) is 2.27. The van der Waals surface area contributed by atoms with Crippen LogP contribution in [0.4, 0.5) is 8.78 Å². The van der Waals surface area contributed by atoms with Gasteiger partial charge in [-0.3, -0.25) is 0 Å². The van der Waals surface area contributed by atoms with Crippen LogP contribution in [-0.2, 0) is 4.74 Å². The van der Waals surface area contributed by atoms with Gasteiger partial charge in [-0.1, -0.05) is 0 Å². The minimum Gasteiger partial charge on any atom is -0.465 e. The number of nitrogens with zero attached hydrogens (tertiary/aromatic N) is 1. The van der Waals surface area contributed by atoms with Gasteiger partial charge in [-0.2, -0.15) is 14.0 Å². The molecule has 0 unspecified atom stereocenters. The maximum Gasteiger partial charge on any atom is 0.387 e. The predicted molar refractivity (Wildman–Crippen MR) is 56.4 cm³/mol. The first-order chi connectivity index (χ1) is 7.99. The van der Waals surface area contributed by atoms with Gasteiger partial charge in [0.05, 0.1) is 18.2 Å². The molecule has 17 heavy (non-hydrogen) atoms. The van der Waals surface area contributed by atoms with Gasteiger partial charge in [0.25, 0.3) is 0 Å². The number of methoxy groups -OCH3 is 1. The smallest absolute Gasteiger partial charge is 0.387 e. The van der Waals surface area contributed by atoms with Gasteiger partial charge in [-0.25, -0.2) is 4.79 Å². The van der Waals surface area contributed by atoms with Crippen molar-refractivity contribution in [3.05, 3.63) is 23.3 Å². The molecule has 1 aromatic carbocycles. The quantitative estimate of drug-likeness (QED) is 0.668. The molecule has 0 atom stereocenters. The number of benzene rings is 1. The van der Waals surface area contributed by atoms with Crippen LogP contribution in [0.1, 0.15) is 15.9 Å². The van der Waals surface area contributed by atoms with E-state index < -0.39 is 12.6 Å². The molecule has 90 valence electrons. The number of alkyl halides is 2. The van der Waals surface area contributed by atoms with Crippen LogP contribution in [0, 0.1) is 11.3 Å². The Morgan fingerprint density at radius 3 is 2.65 bits per heavy atom. The van der Waals surface area contributed by atoms with Crippen molar-refractivity contribution in [2.75, 3.05) is 7.11 Å². The fraction of sp³-hybridized carbons (Fsp3) is 0.200. The number of carbonyl (C=O) groups is 1. The third kappa shape index (κ3) is 3.07. The molecular weight excluding hydrogens is 252 g/mol. The Labute approximate surface area is 101 Å². The number of esters is 1. The molecule has 0 heterocycles. The first-order valence-corrected chi connectivity index (χ1v) is 4.74. The number of carbonyl (C=O) groups excluding carboxylic acids is 1. The van der Waals surface area contributed by atoms with Gasteiger partial charge in [0.2, 0.25) is 0 Å². The Morgan fingerprint density at radius 2 is 2.18 bits per heavy atom. The second-order valence-corrected chi connectivity index (χ2v) is 3.33. The lowest BCUT2D eigenvalue weighted by Gasteiger charge is -2.09. The van der Waals surface area contributed by atoms with Crippen molar-refractivity contribution in [1.29, 1.82) is 5.26 Å². The molecule has 0 amide bonds. The minimum atomic E-state index is -3.06. The zero-order chi connectivity index (χ0) is 13.0. The summed E-state index contributed by atoms with van der Waals surface area (Å²) in [7, 11) is 1.16. The molecule has 0 N–H and O–H groups in total. The number of thiol groups is 1. The molecule has 4 nitrogen and oxygen atoms in total. The van der Waals surface area contributed by atoms with Gasteiger partial charge < -0.3 is 9.47 Å². The molecule has 1 aromatic rings. The highest BCUT2D eigenvalue weighted by Crippen LogP contribution is 2.27. The van der Waals surface area contributed by atoms with E-state index in [1.165, 1.54) is 0 Å². The van der Waals surface area contributed by atoms with Crippen LogP contribution in [0.5, 0.6) is 5.75 Å². The summed E-state index contributed by atoms with van der Waals surface area (Å²) in [6.07, 6.45) is 0. The first-order valence-electron chi connectivity index (χ1n) is 4.29. The first kappa shape index (κ1) is 13.3. The molecular formula is C10H7F2NO3S. The lowest BCUT2D eigenvalue weighted by molar-refractivity contribution is -0.0501. The number of hydrogen-bond donors (Lipinski definition) is 1. The summed E-state index contributed by atoms with van der Waals surface area (Å²) in [5.41, 5.74) is -0.183. The van der Waals surface area contributed by atoms with Gasteiger partial charge in [-0.05, 0) is 12.1 Å².